The van der Waals surface area contributed by atoms with Crippen LogP contribution in [0.1, 0.15) is 32.5 Å². The van der Waals surface area contributed by atoms with E-state index in [2.05, 4.69) is 5.32 Å². The minimum atomic E-state index is -0.400. The summed E-state index contributed by atoms with van der Waals surface area (Å²) >= 11 is 2.69. The van der Waals surface area contributed by atoms with Gasteiger partial charge in [0.2, 0.25) is 0 Å². The number of thiophene rings is 2. The first kappa shape index (κ1) is 13.8. The van der Waals surface area contributed by atoms with Crippen LogP contribution >= 0.6 is 22.7 Å². The number of carbonyl (C=O) groups excluding carboxylic acids is 2. The highest BCUT2D eigenvalue weighted by Crippen LogP contribution is 2.29. The van der Waals surface area contributed by atoms with Crippen LogP contribution in [-0.2, 0) is 4.74 Å². The molecule has 2 aromatic heterocycles. The SMILES string of the molecule is CCOC(=O)c1c(C)csc1NC(=O)c1cccs1. The smallest absolute Gasteiger partial charge is 0.341 e. The molecule has 0 atom stereocenters. The third kappa shape index (κ3) is 3.02. The second kappa shape index (κ2) is 5.99. The standard InChI is InChI=1S/C13H13NO3S2/c1-3-17-13(16)10-8(2)7-19-12(10)14-11(15)9-5-4-6-18-9/h4-7H,3H2,1-2H3,(H,14,15). The number of carbonyl (C=O) groups is 2. The van der Waals surface area contributed by atoms with E-state index in [0.29, 0.717) is 22.0 Å². The molecule has 0 bridgehead atoms. The molecule has 6 heteroatoms. The molecule has 4 nitrogen and oxygen atoms in total. The van der Waals surface area contributed by atoms with Crippen LogP contribution in [0.4, 0.5) is 5.00 Å². The Morgan fingerprint density at radius 1 is 1.37 bits per heavy atom. The van der Waals surface area contributed by atoms with Crippen molar-refractivity contribution < 1.29 is 14.3 Å². The number of anilines is 1. The van der Waals surface area contributed by atoms with Gasteiger partial charge in [-0.25, -0.2) is 4.79 Å². The molecule has 0 saturated heterocycles. The van der Waals surface area contributed by atoms with Crippen LogP contribution < -0.4 is 5.32 Å². The number of ether oxygens (including phenoxy) is 1. The first-order valence-electron chi connectivity index (χ1n) is 5.73. The monoisotopic (exact) mass is 295 g/mol. The lowest BCUT2D eigenvalue weighted by Gasteiger charge is -2.06. The summed E-state index contributed by atoms with van der Waals surface area (Å²) in [5, 5.41) is 6.96. The Hall–Kier alpha value is -1.66. The topological polar surface area (TPSA) is 55.4 Å². The molecule has 0 aliphatic heterocycles. The summed E-state index contributed by atoms with van der Waals surface area (Å²) in [5.41, 5.74) is 1.25. The van der Waals surface area contributed by atoms with Crippen molar-refractivity contribution in [1.29, 1.82) is 0 Å². The fourth-order valence-corrected chi connectivity index (χ4v) is 3.11. The predicted molar refractivity (Wildman–Crippen MR) is 77.3 cm³/mol. The summed E-state index contributed by atoms with van der Waals surface area (Å²) in [6, 6.07) is 3.55. The molecule has 1 amide bonds. The van der Waals surface area contributed by atoms with E-state index in [1.54, 1.807) is 13.0 Å². The Balaban J connectivity index is 2.21. The summed E-state index contributed by atoms with van der Waals surface area (Å²) in [6.07, 6.45) is 0. The van der Waals surface area contributed by atoms with Crippen molar-refractivity contribution in [2.24, 2.45) is 0 Å². The minimum Gasteiger partial charge on any atom is -0.462 e. The number of nitrogens with one attached hydrogen (secondary N) is 1. The van der Waals surface area contributed by atoms with Gasteiger partial charge < -0.3 is 10.1 Å². The number of hydrogen-bond donors (Lipinski definition) is 1. The lowest BCUT2D eigenvalue weighted by molar-refractivity contribution is 0.0527. The first-order valence-corrected chi connectivity index (χ1v) is 7.49. The van der Waals surface area contributed by atoms with E-state index in [1.807, 2.05) is 23.8 Å². The third-order valence-electron chi connectivity index (χ3n) is 2.43. The summed E-state index contributed by atoms with van der Waals surface area (Å²) in [7, 11) is 0. The summed E-state index contributed by atoms with van der Waals surface area (Å²) in [4.78, 5) is 24.4. The largest absolute Gasteiger partial charge is 0.462 e. The van der Waals surface area contributed by atoms with Crippen molar-refractivity contribution in [3.63, 3.8) is 0 Å². The van der Waals surface area contributed by atoms with E-state index in [4.69, 9.17) is 4.74 Å². The molecule has 0 aromatic carbocycles. The van der Waals surface area contributed by atoms with Crippen molar-refractivity contribution >= 4 is 39.6 Å². The molecule has 2 heterocycles. The van der Waals surface area contributed by atoms with E-state index in [9.17, 15) is 9.59 Å². The molecule has 1 N–H and O–H groups in total. The highest BCUT2D eigenvalue weighted by Gasteiger charge is 2.20. The molecule has 100 valence electrons. The van der Waals surface area contributed by atoms with Gasteiger partial charge in [-0.1, -0.05) is 6.07 Å². The average molecular weight is 295 g/mol. The van der Waals surface area contributed by atoms with Gasteiger partial charge >= 0.3 is 5.97 Å². The molecule has 0 fully saturated rings. The summed E-state index contributed by atoms with van der Waals surface area (Å²) < 4.78 is 5.00. The van der Waals surface area contributed by atoms with Crippen LogP contribution in [0, 0.1) is 6.92 Å². The molecule has 2 aromatic rings. The number of aryl methyl sites for hydroxylation is 1. The van der Waals surface area contributed by atoms with E-state index in [1.165, 1.54) is 22.7 Å². The zero-order valence-corrected chi connectivity index (χ0v) is 12.2. The molecule has 2 rings (SSSR count). The Bertz CT molecular complexity index is 587. The van der Waals surface area contributed by atoms with Gasteiger partial charge in [0.05, 0.1) is 17.0 Å². The highest BCUT2D eigenvalue weighted by atomic mass is 32.1. The zero-order valence-electron chi connectivity index (χ0n) is 10.6. The number of amides is 1. The maximum atomic E-state index is 12.0. The Kier molecular flexibility index (Phi) is 4.34. The Morgan fingerprint density at radius 3 is 2.79 bits per heavy atom. The van der Waals surface area contributed by atoms with Gasteiger partial charge in [-0.15, -0.1) is 22.7 Å². The van der Waals surface area contributed by atoms with Crippen LogP contribution in [0.15, 0.2) is 22.9 Å². The third-order valence-corrected chi connectivity index (χ3v) is 4.31. The van der Waals surface area contributed by atoms with Crippen LogP contribution in [-0.4, -0.2) is 18.5 Å². The van der Waals surface area contributed by atoms with Crippen LogP contribution in [0.25, 0.3) is 0 Å². The molecule has 0 saturated carbocycles. The quantitative estimate of drug-likeness (QED) is 0.878. The fourth-order valence-electron chi connectivity index (χ4n) is 1.57. The predicted octanol–water partition coefficient (Wildman–Crippen LogP) is 3.55. The van der Waals surface area contributed by atoms with E-state index < -0.39 is 5.97 Å². The van der Waals surface area contributed by atoms with Gasteiger partial charge in [-0.05, 0) is 36.2 Å². The fraction of sp³-hybridized carbons (Fsp3) is 0.231. The molecule has 0 radical (unpaired) electrons. The van der Waals surface area contributed by atoms with Crippen molar-refractivity contribution in [2.75, 3.05) is 11.9 Å². The number of hydrogen-bond acceptors (Lipinski definition) is 5. The van der Waals surface area contributed by atoms with E-state index in [0.717, 1.165) is 5.56 Å². The van der Waals surface area contributed by atoms with E-state index in [-0.39, 0.29) is 5.91 Å². The first-order chi connectivity index (χ1) is 9.13. The molecular formula is C13H13NO3S2. The van der Waals surface area contributed by atoms with Crippen LogP contribution in [0.5, 0.6) is 0 Å². The zero-order chi connectivity index (χ0) is 13.8. The lowest BCUT2D eigenvalue weighted by atomic mass is 10.2. The van der Waals surface area contributed by atoms with E-state index >= 15 is 0 Å². The molecule has 0 aliphatic carbocycles. The molecule has 19 heavy (non-hydrogen) atoms. The summed E-state index contributed by atoms with van der Waals surface area (Å²) in [6.45, 7) is 3.89. The van der Waals surface area contributed by atoms with Gasteiger partial charge in [0.15, 0.2) is 0 Å². The normalized spacial score (nSPS) is 10.2. The molecular weight excluding hydrogens is 282 g/mol. The molecule has 0 unspecified atom stereocenters. The molecule has 0 aliphatic rings. The van der Waals surface area contributed by atoms with Gasteiger partial charge in [-0.3, -0.25) is 4.79 Å². The number of esters is 1. The second-order valence-corrected chi connectivity index (χ2v) is 5.60. The minimum absolute atomic E-state index is 0.206. The van der Waals surface area contributed by atoms with Crippen molar-refractivity contribution in [3.05, 3.63) is 38.9 Å². The van der Waals surface area contributed by atoms with Gasteiger partial charge in [0.1, 0.15) is 5.00 Å². The van der Waals surface area contributed by atoms with Crippen LogP contribution in [0.2, 0.25) is 0 Å². The van der Waals surface area contributed by atoms with Gasteiger partial charge in [-0.2, -0.15) is 0 Å². The maximum Gasteiger partial charge on any atom is 0.341 e. The Labute approximate surface area is 119 Å². The van der Waals surface area contributed by atoms with Crippen molar-refractivity contribution in [3.8, 4) is 0 Å². The molecule has 0 spiro atoms. The lowest BCUT2D eigenvalue weighted by Crippen LogP contribution is -2.13. The second-order valence-electron chi connectivity index (χ2n) is 3.77. The average Bonchev–Trinajstić information content (AvgIpc) is 2.99. The number of rotatable bonds is 4. The summed E-state index contributed by atoms with van der Waals surface area (Å²) in [5.74, 6) is -0.606. The van der Waals surface area contributed by atoms with Crippen molar-refractivity contribution in [2.45, 2.75) is 13.8 Å². The van der Waals surface area contributed by atoms with Gasteiger partial charge in [0, 0.05) is 0 Å². The highest BCUT2D eigenvalue weighted by molar-refractivity contribution is 7.15. The van der Waals surface area contributed by atoms with Crippen LogP contribution in [0.3, 0.4) is 0 Å². The van der Waals surface area contributed by atoms with Crippen molar-refractivity contribution in [1.82, 2.24) is 0 Å². The van der Waals surface area contributed by atoms with Gasteiger partial charge in [0.25, 0.3) is 5.91 Å². The maximum absolute atomic E-state index is 12.0. The Morgan fingerprint density at radius 2 is 2.16 bits per heavy atom.